The van der Waals surface area contributed by atoms with Crippen molar-refractivity contribution in [3.8, 4) is 5.75 Å². The second-order valence-electron chi connectivity index (χ2n) is 5.40. The van der Waals surface area contributed by atoms with E-state index < -0.39 is 4.92 Å². The van der Waals surface area contributed by atoms with E-state index in [4.69, 9.17) is 9.47 Å². The SMILES string of the molecule is O=C(Cc1ccccc1)NCc1cc([N+](=O)[O-])cc2c1OCOC2. The Bertz CT molecular complexity index is 761. The summed E-state index contributed by atoms with van der Waals surface area (Å²) < 4.78 is 10.6. The van der Waals surface area contributed by atoms with Crippen molar-refractivity contribution in [1.29, 1.82) is 0 Å². The highest BCUT2D eigenvalue weighted by molar-refractivity contribution is 5.78. The lowest BCUT2D eigenvalue weighted by atomic mass is 10.1. The van der Waals surface area contributed by atoms with E-state index in [0.29, 0.717) is 16.9 Å². The number of fused-ring (bicyclic) bond motifs is 1. The molecule has 1 aliphatic heterocycles. The maximum atomic E-state index is 12.1. The van der Waals surface area contributed by atoms with Gasteiger partial charge in [0.1, 0.15) is 5.75 Å². The molecule has 0 fully saturated rings. The van der Waals surface area contributed by atoms with Crippen LogP contribution in [0.25, 0.3) is 0 Å². The molecule has 0 saturated carbocycles. The van der Waals surface area contributed by atoms with Gasteiger partial charge in [-0.25, -0.2) is 0 Å². The van der Waals surface area contributed by atoms with Crippen molar-refractivity contribution in [2.24, 2.45) is 0 Å². The van der Waals surface area contributed by atoms with E-state index in [9.17, 15) is 14.9 Å². The minimum absolute atomic E-state index is 0.0461. The van der Waals surface area contributed by atoms with Gasteiger partial charge in [0, 0.05) is 29.8 Å². The van der Waals surface area contributed by atoms with Crippen LogP contribution in [0.1, 0.15) is 16.7 Å². The first-order valence-electron chi connectivity index (χ1n) is 7.45. The van der Waals surface area contributed by atoms with Gasteiger partial charge in [-0.15, -0.1) is 0 Å². The van der Waals surface area contributed by atoms with Crippen molar-refractivity contribution in [3.05, 3.63) is 69.3 Å². The number of nitrogens with zero attached hydrogens (tertiary/aromatic N) is 1. The molecule has 124 valence electrons. The van der Waals surface area contributed by atoms with E-state index >= 15 is 0 Å². The number of amides is 1. The molecule has 1 N–H and O–H groups in total. The Kier molecular flexibility index (Phi) is 4.72. The fourth-order valence-corrected chi connectivity index (χ4v) is 2.56. The lowest BCUT2D eigenvalue weighted by Gasteiger charge is -2.20. The number of hydrogen-bond acceptors (Lipinski definition) is 5. The predicted molar refractivity (Wildman–Crippen MR) is 85.4 cm³/mol. The normalized spacial score (nSPS) is 12.8. The summed E-state index contributed by atoms with van der Waals surface area (Å²) in [6.07, 6.45) is 0.252. The number of carbonyl (C=O) groups is 1. The standard InChI is InChI=1S/C17H16N2O5/c20-16(6-12-4-2-1-3-5-12)18-9-13-7-15(19(21)22)8-14-10-23-11-24-17(13)14/h1-5,7-8H,6,9-11H2,(H,18,20). The molecule has 0 aromatic heterocycles. The fourth-order valence-electron chi connectivity index (χ4n) is 2.56. The molecule has 1 heterocycles. The second-order valence-corrected chi connectivity index (χ2v) is 5.40. The summed E-state index contributed by atoms with van der Waals surface area (Å²) in [5.41, 5.74) is 2.04. The molecule has 1 aliphatic rings. The summed E-state index contributed by atoms with van der Waals surface area (Å²) >= 11 is 0. The molecule has 1 amide bonds. The Labute approximate surface area is 138 Å². The van der Waals surface area contributed by atoms with Crippen LogP contribution in [0.2, 0.25) is 0 Å². The third kappa shape index (κ3) is 3.69. The van der Waals surface area contributed by atoms with E-state index in [2.05, 4.69) is 5.32 Å². The van der Waals surface area contributed by atoms with Crippen molar-refractivity contribution in [2.75, 3.05) is 6.79 Å². The fraction of sp³-hybridized carbons (Fsp3) is 0.235. The molecule has 0 aliphatic carbocycles. The first-order chi connectivity index (χ1) is 11.6. The monoisotopic (exact) mass is 328 g/mol. The molecule has 7 heteroatoms. The summed E-state index contributed by atoms with van der Waals surface area (Å²) in [7, 11) is 0. The zero-order valence-corrected chi connectivity index (χ0v) is 12.9. The molecule has 3 rings (SSSR count). The Hall–Kier alpha value is -2.93. The topological polar surface area (TPSA) is 90.7 Å². The summed E-state index contributed by atoms with van der Waals surface area (Å²) in [6, 6.07) is 12.2. The van der Waals surface area contributed by atoms with E-state index in [1.165, 1.54) is 12.1 Å². The van der Waals surface area contributed by atoms with Crippen LogP contribution in [0.3, 0.4) is 0 Å². The minimum atomic E-state index is -0.468. The smallest absolute Gasteiger partial charge is 0.270 e. The number of rotatable bonds is 5. The van der Waals surface area contributed by atoms with Gasteiger partial charge in [0.25, 0.3) is 5.69 Å². The van der Waals surface area contributed by atoms with Crippen LogP contribution >= 0.6 is 0 Å². The molecule has 0 unspecified atom stereocenters. The number of benzene rings is 2. The van der Waals surface area contributed by atoms with Gasteiger partial charge in [0.15, 0.2) is 6.79 Å². The number of hydrogen-bond donors (Lipinski definition) is 1. The minimum Gasteiger partial charge on any atom is -0.467 e. The van der Waals surface area contributed by atoms with Gasteiger partial charge < -0.3 is 14.8 Å². The van der Waals surface area contributed by atoms with Crippen LogP contribution in [0.5, 0.6) is 5.75 Å². The lowest BCUT2D eigenvalue weighted by molar-refractivity contribution is -0.385. The van der Waals surface area contributed by atoms with Crippen molar-refractivity contribution in [3.63, 3.8) is 0 Å². The van der Waals surface area contributed by atoms with Gasteiger partial charge in [-0.3, -0.25) is 14.9 Å². The van der Waals surface area contributed by atoms with E-state index in [1.807, 2.05) is 30.3 Å². The highest BCUT2D eigenvalue weighted by Crippen LogP contribution is 2.32. The molecule has 0 saturated heterocycles. The van der Waals surface area contributed by atoms with Gasteiger partial charge in [-0.2, -0.15) is 0 Å². The molecular formula is C17H16N2O5. The average molecular weight is 328 g/mol. The van der Waals surface area contributed by atoms with Crippen LogP contribution in [-0.4, -0.2) is 17.6 Å². The third-order valence-corrected chi connectivity index (χ3v) is 3.67. The maximum absolute atomic E-state index is 12.1. The Balaban J connectivity index is 1.73. The van der Waals surface area contributed by atoms with E-state index in [0.717, 1.165) is 5.56 Å². The largest absolute Gasteiger partial charge is 0.467 e. The summed E-state index contributed by atoms with van der Waals surface area (Å²) in [5, 5.41) is 13.8. The third-order valence-electron chi connectivity index (χ3n) is 3.67. The van der Waals surface area contributed by atoms with E-state index in [1.54, 1.807) is 0 Å². The average Bonchev–Trinajstić information content (AvgIpc) is 2.60. The number of carbonyl (C=O) groups excluding carboxylic acids is 1. The predicted octanol–water partition coefficient (Wildman–Crippen LogP) is 2.32. The lowest BCUT2D eigenvalue weighted by Crippen LogP contribution is -2.25. The van der Waals surface area contributed by atoms with Crippen LogP contribution in [0.15, 0.2) is 42.5 Å². The number of nitro groups is 1. The first kappa shape index (κ1) is 15.9. The molecule has 0 radical (unpaired) electrons. The molecule has 2 aromatic carbocycles. The van der Waals surface area contributed by atoms with E-state index in [-0.39, 0.29) is 38.0 Å². The van der Waals surface area contributed by atoms with Crippen LogP contribution in [-0.2, 0) is 29.1 Å². The molecule has 7 nitrogen and oxygen atoms in total. The van der Waals surface area contributed by atoms with Gasteiger partial charge in [-0.1, -0.05) is 30.3 Å². The Morgan fingerprint density at radius 2 is 2.04 bits per heavy atom. The van der Waals surface area contributed by atoms with Crippen LogP contribution < -0.4 is 10.1 Å². The molecule has 24 heavy (non-hydrogen) atoms. The van der Waals surface area contributed by atoms with Gasteiger partial charge in [0.05, 0.1) is 18.0 Å². The zero-order valence-electron chi connectivity index (χ0n) is 12.9. The van der Waals surface area contributed by atoms with Gasteiger partial charge >= 0.3 is 0 Å². The number of ether oxygens (including phenoxy) is 2. The number of nitrogens with one attached hydrogen (secondary N) is 1. The summed E-state index contributed by atoms with van der Waals surface area (Å²) in [4.78, 5) is 22.6. The van der Waals surface area contributed by atoms with Crippen molar-refractivity contribution >= 4 is 11.6 Å². The van der Waals surface area contributed by atoms with Crippen molar-refractivity contribution in [1.82, 2.24) is 5.32 Å². The van der Waals surface area contributed by atoms with Crippen LogP contribution in [0, 0.1) is 10.1 Å². The highest BCUT2D eigenvalue weighted by atomic mass is 16.7. The summed E-state index contributed by atoms with van der Waals surface area (Å²) in [5.74, 6) is 0.389. The quantitative estimate of drug-likeness (QED) is 0.672. The first-order valence-corrected chi connectivity index (χ1v) is 7.45. The van der Waals surface area contributed by atoms with Crippen LogP contribution in [0.4, 0.5) is 5.69 Å². The molecule has 0 spiro atoms. The van der Waals surface area contributed by atoms with Gasteiger partial charge in [0.2, 0.25) is 5.91 Å². The van der Waals surface area contributed by atoms with Crippen molar-refractivity contribution in [2.45, 2.75) is 19.6 Å². The van der Waals surface area contributed by atoms with Gasteiger partial charge in [-0.05, 0) is 5.56 Å². The zero-order chi connectivity index (χ0) is 16.9. The Morgan fingerprint density at radius 1 is 1.25 bits per heavy atom. The van der Waals surface area contributed by atoms with Crippen molar-refractivity contribution < 1.29 is 19.2 Å². The second kappa shape index (κ2) is 7.10. The molecule has 0 atom stereocenters. The molecule has 2 aromatic rings. The molecular weight excluding hydrogens is 312 g/mol. The highest BCUT2D eigenvalue weighted by Gasteiger charge is 2.21. The number of nitro benzene ring substituents is 1. The summed E-state index contributed by atoms with van der Waals surface area (Å²) in [6.45, 7) is 0.507. The number of non-ortho nitro benzene ring substituents is 1. The molecule has 0 bridgehead atoms. The Morgan fingerprint density at radius 3 is 2.79 bits per heavy atom. The maximum Gasteiger partial charge on any atom is 0.270 e.